The van der Waals surface area contributed by atoms with Crippen molar-refractivity contribution in [2.75, 3.05) is 4.90 Å². The van der Waals surface area contributed by atoms with Crippen LogP contribution in [-0.4, -0.2) is 16.8 Å². The fourth-order valence-corrected chi connectivity index (χ4v) is 5.67. The predicted octanol–water partition coefficient (Wildman–Crippen LogP) is 5.70. The monoisotopic (exact) mass is 447 g/mol. The molecule has 5 rings (SSSR count). The summed E-state index contributed by atoms with van der Waals surface area (Å²) in [4.78, 5) is 28.5. The van der Waals surface area contributed by atoms with E-state index in [0.29, 0.717) is 11.3 Å². The molecule has 0 radical (unpaired) electrons. The van der Waals surface area contributed by atoms with E-state index in [-0.39, 0.29) is 11.3 Å². The van der Waals surface area contributed by atoms with Crippen LogP contribution in [0.5, 0.6) is 0 Å². The van der Waals surface area contributed by atoms with Gasteiger partial charge in [0.25, 0.3) is 11.7 Å². The highest BCUT2D eigenvalue weighted by atomic mass is 32.1. The molecule has 2 heterocycles. The summed E-state index contributed by atoms with van der Waals surface area (Å²) in [6.07, 6.45) is 4.20. The molecule has 4 nitrogen and oxygen atoms in total. The van der Waals surface area contributed by atoms with Crippen LogP contribution in [0, 0.1) is 12.7 Å². The van der Waals surface area contributed by atoms with Gasteiger partial charge in [-0.1, -0.05) is 12.1 Å². The molecule has 1 aliphatic heterocycles. The highest BCUT2D eigenvalue weighted by Crippen LogP contribution is 2.45. The fraction of sp³-hybridized carbons (Fsp3) is 0.231. The number of amides is 1. The first-order valence-electron chi connectivity index (χ1n) is 10.7. The maximum atomic E-state index is 13.5. The molecule has 0 spiro atoms. The molecular weight excluding hydrogens is 425 g/mol. The molecule has 1 atom stereocenters. The van der Waals surface area contributed by atoms with Crippen molar-refractivity contribution >= 4 is 34.5 Å². The van der Waals surface area contributed by atoms with E-state index in [1.54, 1.807) is 0 Å². The van der Waals surface area contributed by atoms with Crippen LogP contribution in [0.15, 0.2) is 59.5 Å². The van der Waals surface area contributed by atoms with Gasteiger partial charge in [-0.2, -0.15) is 0 Å². The zero-order valence-electron chi connectivity index (χ0n) is 17.6. The number of nitrogens with zero attached hydrogens (tertiary/aromatic N) is 1. The SMILES string of the molecule is Cc1ccsc1C1/C(=C(/O)c2ccc3c(c2)CCCC3)C(=O)C(=O)N1c1ccc(F)cc1. The summed E-state index contributed by atoms with van der Waals surface area (Å²) in [6.45, 7) is 1.91. The number of fused-ring (bicyclic) bond motifs is 1. The van der Waals surface area contributed by atoms with Gasteiger partial charge in [0, 0.05) is 16.1 Å². The molecule has 0 saturated carbocycles. The third-order valence-electron chi connectivity index (χ3n) is 6.32. The van der Waals surface area contributed by atoms with Crippen molar-refractivity contribution in [1.82, 2.24) is 0 Å². The number of carbonyl (C=O) groups is 2. The first-order valence-corrected chi connectivity index (χ1v) is 11.6. The van der Waals surface area contributed by atoms with Crippen LogP contribution < -0.4 is 4.90 Å². The Morgan fingerprint density at radius 3 is 2.44 bits per heavy atom. The van der Waals surface area contributed by atoms with Gasteiger partial charge in [-0.3, -0.25) is 14.5 Å². The summed E-state index contributed by atoms with van der Waals surface area (Å²) in [5, 5.41) is 13.2. The van der Waals surface area contributed by atoms with Crippen LogP contribution in [0.3, 0.4) is 0 Å². The number of carbonyl (C=O) groups excluding carboxylic acids is 2. The minimum Gasteiger partial charge on any atom is -0.507 e. The topological polar surface area (TPSA) is 57.6 Å². The molecular formula is C26H22FNO3S. The van der Waals surface area contributed by atoms with Gasteiger partial charge in [0.15, 0.2) is 0 Å². The second-order valence-electron chi connectivity index (χ2n) is 8.30. The molecule has 162 valence electrons. The number of aliphatic hydroxyl groups excluding tert-OH is 1. The van der Waals surface area contributed by atoms with E-state index in [9.17, 15) is 19.1 Å². The van der Waals surface area contributed by atoms with Crippen LogP contribution in [0.2, 0.25) is 0 Å². The number of aryl methyl sites for hydroxylation is 3. The van der Waals surface area contributed by atoms with E-state index in [0.717, 1.165) is 36.1 Å². The van der Waals surface area contributed by atoms with E-state index in [2.05, 4.69) is 0 Å². The third-order valence-corrected chi connectivity index (χ3v) is 7.39. The zero-order valence-corrected chi connectivity index (χ0v) is 18.4. The summed E-state index contributed by atoms with van der Waals surface area (Å²) in [7, 11) is 0. The molecule has 1 N–H and O–H groups in total. The quantitative estimate of drug-likeness (QED) is 0.318. The van der Waals surface area contributed by atoms with Crippen molar-refractivity contribution in [3.8, 4) is 0 Å². The molecule has 2 aromatic carbocycles. The van der Waals surface area contributed by atoms with Crippen LogP contribution in [0.4, 0.5) is 10.1 Å². The Hall–Kier alpha value is -3.25. The largest absolute Gasteiger partial charge is 0.507 e. The lowest BCUT2D eigenvalue weighted by Crippen LogP contribution is -2.29. The number of ketones is 1. The maximum absolute atomic E-state index is 13.5. The van der Waals surface area contributed by atoms with E-state index < -0.39 is 23.5 Å². The number of hydrogen-bond donors (Lipinski definition) is 1. The minimum atomic E-state index is -0.767. The molecule has 6 heteroatoms. The molecule has 1 amide bonds. The Morgan fingerprint density at radius 2 is 1.75 bits per heavy atom. The lowest BCUT2D eigenvalue weighted by atomic mass is 9.89. The molecule has 1 fully saturated rings. The number of thiophene rings is 1. The number of hydrogen-bond acceptors (Lipinski definition) is 4. The Balaban J connectivity index is 1.69. The number of aliphatic hydroxyl groups is 1. The van der Waals surface area contributed by atoms with Gasteiger partial charge < -0.3 is 5.11 Å². The number of halogens is 1. The van der Waals surface area contributed by atoms with Crippen LogP contribution >= 0.6 is 11.3 Å². The maximum Gasteiger partial charge on any atom is 0.300 e. The molecule has 3 aromatic rings. The smallest absolute Gasteiger partial charge is 0.300 e. The number of anilines is 1. The van der Waals surface area contributed by atoms with Crippen molar-refractivity contribution in [2.45, 2.75) is 38.6 Å². The average molecular weight is 448 g/mol. The summed E-state index contributed by atoms with van der Waals surface area (Å²) >= 11 is 1.43. The molecule has 1 aromatic heterocycles. The second kappa shape index (κ2) is 8.02. The normalized spacial score (nSPS) is 19.9. The molecule has 2 aliphatic rings. The molecule has 1 aliphatic carbocycles. The van der Waals surface area contributed by atoms with E-state index >= 15 is 0 Å². The van der Waals surface area contributed by atoms with E-state index in [1.807, 2.05) is 36.6 Å². The van der Waals surface area contributed by atoms with Crippen LogP contribution in [-0.2, 0) is 22.4 Å². The number of Topliss-reactive ketones (excluding diaryl/α,β-unsaturated/α-hetero) is 1. The van der Waals surface area contributed by atoms with Crippen molar-refractivity contribution in [2.24, 2.45) is 0 Å². The standard InChI is InChI=1S/C26H22FNO3S/c1-15-12-13-32-25(15)22-21(23(29)18-7-6-16-4-2-3-5-17(16)14-18)24(30)26(31)28(22)20-10-8-19(27)9-11-20/h6-14,22,29H,2-5H2,1H3/b23-21-. The molecule has 0 bridgehead atoms. The van der Waals surface area contributed by atoms with Gasteiger partial charge in [-0.05, 0) is 91.1 Å². The minimum absolute atomic E-state index is 0.0700. The third kappa shape index (κ3) is 3.35. The molecule has 32 heavy (non-hydrogen) atoms. The molecule has 1 unspecified atom stereocenters. The average Bonchev–Trinajstić information content (AvgIpc) is 3.34. The lowest BCUT2D eigenvalue weighted by Gasteiger charge is -2.25. The Morgan fingerprint density at radius 1 is 1.03 bits per heavy atom. The zero-order chi connectivity index (χ0) is 22.4. The predicted molar refractivity (Wildman–Crippen MR) is 123 cm³/mol. The second-order valence-corrected chi connectivity index (χ2v) is 9.25. The Labute approximate surface area is 189 Å². The van der Waals surface area contributed by atoms with Gasteiger partial charge in [0.2, 0.25) is 0 Å². The van der Waals surface area contributed by atoms with Gasteiger partial charge in [-0.15, -0.1) is 11.3 Å². The summed E-state index contributed by atoms with van der Waals surface area (Å²) in [5.74, 6) is -2.06. The van der Waals surface area contributed by atoms with E-state index in [1.165, 1.54) is 51.6 Å². The first kappa shape index (κ1) is 20.6. The lowest BCUT2D eigenvalue weighted by molar-refractivity contribution is -0.132. The summed E-state index contributed by atoms with van der Waals surface area (Å²) < 4.78 is 13.5. The van der Waals surface area contributed by atoms with Crippen molar-refractivity contribution < 1.29 is 19.1 Å². The highest BCUT2D eigenvalue weighted by molar-refractivity contribution is 7.10. The van der Waals surface area contributed by atoms with Gasteiger partial charge in [0.1, 0.15) is 17.6 Å². The highest BCUT2D eigenvalue weighted by Gasteiger charge is 2.48. The number of benzene rings is 2. The fourth-order valence-electron chi connectivity index (χ4n) is 4.65. The van der Waals surface area contributed by atoms with Crippen molar-refractivity contribution in [3.05, 3.63) is 92.4 Å². The Bertz CT molecular complexity index is 1260. The van der Waals surface area contributed by atoms with Crippen LogP contribution in [0.1, 0.15) is 46.0 Å². The van der Waals surface area contributed by atoms with E-state index in [4.69, 9.17) is 0 Å². The van der Waals surface area contributed by atoms with Crippen molar-refractivity contribution in [3.63, 3.8) is 0 Å². The van der Waals surface area contributed by atoms with Crippen molar-refractivity contribution in [1.29, 1.82) is 0 Å². The van der Waals surface area contributed by atoms with Crippen LogP contribution in [0.25, 0.3) is 5.76 Å². The van der Waals surface area contributed by atoms with Gasteiger partial charge in [-0.25, -0.2) is 4.39 Å². The van der Waals surface area contributed by atoms with Gasteiger partial charge >= 0.3 is 0 Å². The first-order chi connectivity index (χ1) is 15.5. The van der Waals surface area contributed by atoms with Gasteiger partial charge in [0.05, 0.1) is 5.57 Å². The summed E-state index contributed by atoms with van der Waals surface area (Å²) in [5.41, 5.74) is 4.39. The Kier molecular flexibility index (Phi) is 5.18. The summed E-state index contributed by atoms with van der Waals surface area (Å²) in [6, 6.07) is 12.4. The molecule has 1 saturated heterocycles. The number of rotatable bonds is 3.